The fourth-order valence-corrected chi connectivity index (χ4v) is 5.01. The number of hydrogen-bond donors (Lipinski definition) is 1. The van der Waals surface area contributed by atoms with Gasteiger partial charge in [0.1, 0.15) is 5.01 Å². The maximum atomic E-state index is 4.50. The van der Waals surface area contributed by atoms with Crippen LogP contribution in [0.3, 0.4) is 0 Å². The summed E-state index contributed by atoms with van der Waals surface area (Å²) in [5.41, 5.74) is 1.78. The van der Waals surface area contributed by atoms with Crippen molar-refractivity contribution in [2.24, 2.45) is 12.5 Å². The van der Waals surface area contributed by atoms with Crippen molar-refractivity contribution >= 4 is 39.7 Å². The van der Waals surface area contributed by atoms with Crippen LogP contribution in [0.2, 0.25) is 0 Å². The smallest absolute Gasteiger partial charge is 0.107 e. The Morgan fingerprint density at radius 1 is 1.42 bits per heavy atom. The summed E-state index contributed by atoms with van der Waals surface area (Å²) in [6.45, 7) is 4.19. The Balaban J connectivity index is 0.00000169. The van der Waals surface area contributed by atoms with Crippen LogP contribution < -0.4 is 5.32 Å². The van der Waals surface area contributed by atoms with E-state index < -0.39 is 0 Å². The molecule has 0 bridgehead atoms. The van der Waals surface area contributed by atoms with Crippen molar-refractivity contribution in [3.8, 4) is 0 Å². The minimum absolute atomic E-state index is 0. The van der Waals surface area contributed by atoms with E-state index in [1.54, 1.807) is 11.3 Å². The zero-order valence-corrected chi connectivity index (χ0v) is 17.0. The standard InChI is InChI=1S/C16H22BrN5S.ClH/c1-21-13(12(17)9-20-21)10-22(11-15-19-6-7-23-15)14-8-16(14)2-4-18-5-3-16;/h6-7,9,14,18H,2-5,8,10-11H2,1H3;1H. The van der Waals surface area contributed by atoms with Gasteiger partial charge in [-0.15, -0.1) is 23.7 Å². The van der Waals surface area contributed by atoms with Crippen LogP contribution in [0.15, 0.2) is 22.2 Å². The van der Waals surface area contributed by atoms with Crippen molar-refractivity contribution in [3.63, 3.8) is 0 Å². The van der Waals surface area contributed by atoms with Crippen LogP contribution in [0.25, 0.3) is 0 Å². The Labute approximate surface area is 161 Å². The molecule has 1 N–H and O–H groups in total. The Hall–Kier alpha value is -0.470. The molecular formula is C16H23BrClN5S. The van der Waals surface area contributed by atoms with Gasteiger partial charge in [-0.1, -0.05) is 0 Å². The Morgan fingerprint density at radius 2 is 2.21 bits per heavy atom. The molecule has 1 aliphatic carbocycles. The fraction of sp³-hybridized carbons (Fsp3) is 0.625. The van der Waals surface area contributed by atoms with Crippen molar-refractivity contribution in [1.82, 2.24) is 25.0 Å². The van der Waals surface area contributed by atoms with Gasteiger partial charge in [0.15, 0.2) is 0 Å². The molecular weight excluding hydrogens is 410 g/mol. The van der Waals surface area contributed by atoms with Gasteiger partial charge in [0.05, 0.1) is 22.9 Å². The molecule has 1 spiro atoms. The number of rotatable bonds is 5. The molecule has 4 rings (SSSR count). The maximum Gasteiger partial charge on any atom is 0.107 e. The van der Waals surface area contributed by atoms with Crippen molar-refractivity contribution in [2.45, 2.75) is 38.4 Å². The highest BCUT2D eigenvalue weighted by Gasteiger charge is 2.56. The molecule has 2 aliphatic rings. The molecule has 2 fully saturated rings. The second kappa shape index (κ2) is 7.41. The van der Waals surface area contributed by atoms with Crippen LogP contribution in [0.4, 0.5) is 0 Å². The molecule has 1 aliphatic heterocycles. The Morgan fingerprint density at radius 3 is 2.83 bits per heavy atom. The second-order valence-corrected chi connectivity index (χ2v) is 8.56. The summed E-state index contributed by atoms with van der Waals surface area (Å²) in [5.74, 6) is 0. The van der Waals surface area contributed by atoms with Gasteiger partial charge in [0, 0.05) is 31.2 Å². The van der Waals surface area contributed by atoms with E-state index in [2.05, 4.69) is 41.6 Å². The predicted molar refractivity (Wildman–Crippen MR) is 102 cm³/mol. The van der Waals surface area contributed by atoms with Crippen LogP contribution in [0.1, 0.15) is 30.0 Å². The number of piperidine rings is 1. The molecule has 3 heterocycles. The van der Waals surface area contributed by atoms with E-state index in [1.165, 1.54) is 30.0 Å². The molecule has 1 atom stereocenters. The van der Waals surface area contributed by atoms with E-state index >= 15 is 0 Å². The average molecular weight is 433 g/mol. The first kappa shape index (κ1) is 18.3. The average Bonchev–Trinajstić information content (AvgIpc) is 2.88. The van der Waals surface area contributed by atoms with E-state index in [4.69, 9.17) is 0 Å². The molecule has 8 heteroatoms. The normalized spacial score (nSPS) is 21.9. The van der Waals surface area contributed by atoms with Gasteiger partial charge < -0.3 is 5.32 Å². The molecule has 1 saturated carbocycles. The highest BCUT2D eigenvalue weighted by Crippen LogP contribution is 2.56. The third kappa shape index (κ3) is 3.55. The monoisotopic (exact) mass is 431 g/mol. The predicted octanol–water partition coefficient (Wildman–Crippen LogP) is 3.21. The summed E-state index contributed by atoms with van der Waals surface area (Å²) in [5, 5.41) is 11.1. The largest absolute Gasteiger partial charge is 0.317 e. The summed E-state index contributed by atoms with van der Waals surface area (Å²) in [4.78, 5) is 7.12. The lowest BCUT2D eigenvalue weighted by Crippen LogP contribution is -2.36. The van der Waals surface area contributed by atoms with Gasteiger partial charge in [0.25, 0.3) is 0 Å². The van der Waals surface area contributed by atoms with Gasteiger partial charge in [-0.25, -0.2) is 4.98 Å². The van der Waals surface area contributed by atoms with E-state index in [-0.39, 0.29) is 12.4 Å². The number of halogens is 2. The quantitative estimate of drug-likeness (QED) is 0.788. The zero-order chi connectivity index (χ0) is 15.9. The van der Waals surface area contributed by atoms with Crippen molar-refractivity contribution in [1.29, 1.82) is 0 Å². The first-order valence-corrected chi connectivity index (χ1v) is 9.85. The van der Waals surface area contributed by atoms with Gasteiger partial charge in [-0.3, -0.25) is 9.58 Å². The van der Waals surface area contributed by atoms with E-state index in [0.29, 0.717) is 11.5 Å². The maximum absolute atomic E-state index is 4.50. The summed E-state index contributed by atoms with van der Waals surface area (Å²) in [6, 6.07) is 0.676. The molecule has 0 aromatic carbocycles. The number of aryl methyl sites for hydroxylation is 1. The summed E-state index contributed by atoms with van der Waals surface area (Å²) >= 11 is 5.40. The van der Waals surface area contributed by atoms with E-state index in [0.717, 1.165) is 30.7 Å². The number of nitrogens with one attached hydrogen (secondary N) is 1. The second-order valence-electron chi connectivity index (χ2n) is 6.73. The number of aromatic nitrogens is 3. The molecule has 5 nitrogen and oxygen atoms in total. The first-order chi connectivity index (χ1) is 11.2. The molecule has 0 amide bonds. The minimum Gasteiger partial charge on any atom is -0.317 e. The van der Waals surface area contributed by atoms with E-state index in [1.807, 2.05) is 24.1 Å². The lowest BCUT2D eigenvalue weighted by atomic mass is 9.93. The molecule has 2 aromatic rings. The van der Waals surface area contributed by atoms with Gasteiger partial charge in [0.2, 0.25) is 0 Å². The van der Waals surface area contributed by atoms with Crippen molar-refractivity contribution < 1.29 is 0 Å². The fourth-order valence-electron chi connectivity index (χ4n) is 3.89. The van der Waals surface area contributed by atoms with Gasteiger partial charge in [-0.2, -0.15) is 5.10 Å². The summed E-state index contributed by atoms with van der Waals surface area (Å²) in [6.07, 6.45) is 7.74. The molecule has 132 valence electrons. The lowest BCUT2D eigenvalue weighted by Gasteiger charge is -2.29. The van der Waals surface area contributed by atoms with Crippen LogP contribution in [-0.2, 0) is 20.1 Å². The number of hydrogen-bond acceptors (Lipinski definition) is 5. The molecule has 0 radical (unpaired) electrons. The first-order valence-electron chi connectivity index (χ1n) is 8.17. The highest BCUT2D eigenvalue weighted by molar-refractivity contribution is 9.10. The van der Waals surface area contributed by atoms with E-state index in [9.17, 15) is 0 Å². The van der Waals surface area contributed by atoms with Crippen LogP contribution in [0, 0.1) is 5.41 Å². The third-order valence-electron chi connectivity index (χ3n) is 5.37. The Kier molecular flexibility index (Phi) is 5.66. The molecule has 24 heavy (non-hydrogen) atoms. The van der Waals surface area contributed by atoms with Gasteiger partial charge >= 0.3 is 0 Å². The molecule has 1 saturated heterocycles. The third-order valence-corrected chi connectivity index (χ3v) is 6.80. The van der Waals surface area contributed by atoms with Crippen molar-refractivity contribution in [2.75, 3.05) is 13.1 Å². The molecule has 2 aromatic heterocycles. The van der Waals surface area contributed by atoms with Crippen LogP contribution in [-0.4, -0.2) is 38.8 Å². The zero-order valence-electron chi connectivity index (χ0n) is 13.7. The number of thiazole rings is 1. The summed E-state index contributed by atoms with van der Waals surface area (Å²) in [7, 11) is 2.02. The lowest BCUT2D eigenvalue weighted by molar-refractivity contribution is 0.183. The minimum atomic E-state index is 0. The SMILES string of the molecule is Cl.Cn1ncc(Br)c1CN(Cc1nccs1)C1CC12CCNCC2. The molecule has 1 unspecified atom stereocenters. The van der Waals surface area contributed by atoms with Crippen molar-refractivity contribution in [3.05, 3.63) is 32.9 Å². The van der Waals surface area contributed by atoms with Crippen LogP contribution in [0.5, 0.6) is 0 Å². The topological polar surface area (TPSA) is 46.0 Å². The van der Waals surface area contributed by atoms with Gasteiger partial charge in [-0.05, 0) is 53.7 Å². The highest BCUT2D eigenvalue weighted by atomic mass is 79.9. The number of nitrogens with zero attached hydrogens (tertiary/aromatic N) is 4. The summed E-state index contributed by atoms with van der Waals surface area (Å²) < 4.78 is 3.08. The van der Waals surface area contributed by atoms with Crippen LogP contribution >= 0.6 is 39.7 Å². The Bertz CT molecular complexity index is 649.